The zero-order chi connectivity index (χ0) is 16.9. The van der Waals surface area contributed by atoms with E-state index in [2.05, 4.69) is 22.5 Å². The van der Waals surface area contributed by atoms with Crippen LogP contribution in [0.5, 0.6) is 0 Å². The quantitative estimate of drug-likeness (QED) is 0.865. The number of nitrogens with one attached hydrogen (secondary N) is 1. The smallest absolute Gasteiger partial charge is 0.230 e. The number of nitrogens with zero attached hydrogens (tertiary/aromatic N) is 2. The molecule has 1 aromatic heterocycles. The van der Waals surface area contributed by atoms with Crippen LogP contribution in [-0.4, -0.2) is 34.8 Å². The van der Waals surface area contributed by atoms with Crippen LogP contribution in [0.15, 0.2) is 30.5 Å². The van der Waals surface area contributed by atoms with Gasteiger partial charge in [0, 0.05) is 25.7 Å². The molecule has 1 saturated heterocycles. The Morgan fingerprint density at radius 3 is 2.92 bits per heavy atom. The van der Waals surface area contributed by atoms with Crippen LogP contribution in [0.2, 0.25) is 0 Å². The molecule has 1 N–H and O–H groups in total. The molecule has 5 nitrogen and oxygen atoms in total. The number of hydrogen-bond donors (Lipinski definition) is 1. The molecule has 1 aliphatic carbocycles. The van der Waals surface area contributed by atoms with Crippen molar-refractivity contribution in [1.82, 2.24) is 9.88 Å². The number of allylic oxidation sites excluding steroid dienone is 2. The van der Waals surface area contributed by atoms with E-state index < -0.39 is 0 Å². The summed E-state index contributed by atoms with van der Waals surface area (Å²) in [6, 6.07) is 3.74. The van der Waals surface area contributed by atoms with Crippen molar-refractivity contribution in [3.8, 4) is 0 Å². The maximum atomic E-state index is 12.5. The molecule has 0 radical (unpaired) electrons. The number of piperidine rings is 1. The second-order valence-electron chi connectivity index (χ2n) is 6.86. The Balaban J connectivity index is 1.54. The fraction of sp³-hybridized carbons (Fsp3) is 0.526. The van der Waals surface area contributed by atoms with Gasteiger partial charge in [-0.3, -0.25) is 9.59 Å². The Morgan fingerprint density at radius 1 is 1.33 bits per heavy atom. The van der Waals surface area contributed by atoms with Gasteiger partial charge in [-0.1, -0.05) is 18.2 Å². The van der Waals surface area contributed by atoms with Gasteiger partial charge in [-0.2, -0.15) is 0 Å². The van der Waals surface area contributed by atoms with Crippen LogP contribution in [0, 0.1) is 18.8 Å². The minimum atomic E-state index is -0.148. The first-order valence-corrected chi connectivity index (χ1v) is 8.80. The molecule has 2 aliphatic rings. The third-order valence-electron chi connectivity index (χ3n) is 4.86. The van der Waals surface area contributed by atoms with E-state index in [0.29, 0.717) is 24.7 Å². The van der Waals surface area contributed by atoms with E-state index in [1.165, 1.54) is 0 Å². The molecule has 0 aromatic carbocycles. The van der Waals surface area contributed by atoms with E-state index in [4.69, 9.17) is 0 Å². The van der Waals surface area contributed by atoms with E-state index in [9.17, 15) is 9.59 Å². The Morgan fingerprint density at radius 2 is 2.21 bits per heavy atom. The average molecular weight is 327 g/mol. The van der Waals surface area contributed by atoms with E-state index >= 15 is 0 Å². The molecule has 2 heterocycles. The first-order valence-electron chi connectivity index (χ1n) is 8.80. The minimum absolute atomic E-state index is 0.0374. The van der Waals surface area contributed by atoms with Crippen LogP contribution in [-0.2, 0) is 9.59 Å². The van der Waals surface area contributed by atoms with Crippen molar-refractivity contribution in [1.29, 1.82) is 0 Å². The monoisotopic (exact) mass is 327 g/mol. The SMILES string of the molecule is Cc1ccc(NC(=O)[C@@H]2CCCN(C(=O)C[C@H]3C=CCC3)C2)nc1. The zero-order valence-corrected chi connectivity index (χ0v) is 14.2. The van der Waals surface area contributed by atoms with Crippen LogP contribution in [0.1, 0.15) is 37.7 Å². The van der Waals surface area contributed by atoms with Crippen molar-refractivity contribution in [3.05, 3.63) is 36.0 Å². The standard InChI is InChI=1S/C19H25N3O2/c1-14-8-9-17(20-12-14)21-19(24)16-7-4-10-22(13-16)18(23)11-15-5-2-3-6-15/h2,5,8-9,12,15-16H,3-4,6-7,10-11,13H2,1H3,(H,20,21,24)/t15-,16+/m0/s1. The van der Waals surface area contributed by atoms with E-state index in [-0.39, 0.29) is 17.7 Å². The number of hydrogen-bond acceptors (Lipinski definition) is 3. The van der Waals surface area contributed by atoms with Crippen LogP contribution in [0.4, 0.5) is 5.82 Å². The molecule has 1 aliphatic heterocycles. The number of rotatable bonds is 4. The minimum Gasteiger partial charge on any atom is -0.342 e. The third kappa shape index (κ3) is 4.22. The molecule has 0 unspecified atom stereocenters. The Hall–Kier alpha value is -2.17. The highest BCUT2D eigenvalue weighted by molar-refractivity contribution is 5.92. The molecule has 1 fully saturated rings. The number of amides is 2. The molecular weight excluding hydrogens is 302 g/mol. The van der Waals surface area contributed by atoms with E-state index in [1.54, 1.807) is 6.20 Å². The summed E-state index contributed by atoms with van der Waals surface area (Å²) < 4.78 is 0. The molecule has 0 saturated carbocycles. The summed E-state index contributed by atoms with van der Waals surface area (Å²) in [6.45, 7) is 3.25. The second kappa shape index (κ2) is 7.60. The highest BCUT2D eigenvalue weighted by atomic mass is 16.2. The third-order valence-corrected chi connectivity index (χ3v) is 4.86. The van der Waals surface area contributed by atoms with Gasteiger partial charge in [-0.25, -0.2) is 4.98 Å². The van der Waals surface area contributed by atoms with Gasteiger partial charge in [0.05, 0.1) is 5.92 Å². The Kier molecular flexibility index (Phi) is 5.28. The zero-order valence-electron chi connectivity index (χ0n) is 14.2. The maximum absolute atomic E-state index is 12.5. The molecule has 1 aromatic rings. The predicted molar refractivity (Wildman–Crippen MR) is 93.4 cm³/mol. The van der Waals surface area contributed by atoms with Crippen LogP contribution >= 0.6 is 0 Å². The fourth-order valence-corrected chi connectivity index (χ4v) is 3.41. The summed E-state index contributed by atoms with van der Waals surface area (Å²) in [5, 5.41) is 2.87. The molecule has 5 heteroatoms. The summed E-state index contributed by atoms with van der Waals surface area (Å²) in [5.74, 6) is 0.945. The summed E-state index contributed by atoms with van der Waals surface area (Å²) in [5.41, 5.74) is 1.06. The number of aryl methyl sites for hydroxylation is 1. The lowest BCUT2D eigenvalue weighted by molar-refractivity contribution is -0.135. The van der Waals surface area contributed by atoms with E-state index in [0.717, 1.165) is 37.8 Å². The molecule has 3 rings (SSSR count). The topological polar surface area (TPSA) is 62.3 Å². The molecule has 0 bridgehead atoms. The van der Waals surface area contributed by atoms with Crippen LogP contribution in [0.3, 0.4) is 0 Å². The molecule has 0 spiro atoms. The number of carbonyl (C=O) groups is 2. The van der Waals surface area contributed by atoms with Crippen molar-refractivity contribution >= 4 is 17.6 Å². The van der Waals surface area contributed by atoms with Crippen LogP contribution < -0.4 is 5.32 Å². The van der Waals surface area contributed by atoms with Crippen molar-refractivity contribution < 1.29 is 9.59 Å². The Bertz CT molecular complexity index is 624. The summed E-state index contributed by atoms with van der Waals surface area (Å²) in [4.78, 5) is 31.0. The summed E-state index contributed by atoms with van der Waals surface area (Å²) in [7, 11) is 0. The highest BCUT2D eigenvalue weighted by Gasteiger charge is 2.29. The summed E-state index contributed by atoms with van der Waals surface area (Å²) >= 11 is 0. The number of likely N-dealkylation sites (tertiary alicyclic amines) is 1. The molecular formula is C19H25N3O2. The van der Waals surface area contributed by atoms with Crippen LogP contribution in [0.25, 0.3) is 0 Å². The lowest BCUT2D eigenvalue weighted by Gasteiger charge is -2.32. The van der Waals surface area contributed by atoms with Gasteiger partial charge in [0.2, 0.25) is 11.8 Å². The molecule has 2 amide bonds. The number of aromatic nitrogens is 1. The molecule has 2 atom stereocenters. The van der Waals surface area contributed by atoms with Gasteiger partial charge in [0.25, 0.3) is 0 Å². The lowest BCUT2D eigenvalue weighted by atomic mass is 9.95. The van der Waals surface area contributed by atoms with Crippen molar-refractivity contribution in [3.63, 3.8) is 0 Å². The molecule has 128 valence electrons. The second-order valence-corrected chi connectivity index (χ2v) is 6.86. The van der Waals surface area contributed by atoms with Gasteiger partial charge in [-0.15, -0.1) is 0 Å². The maximum Gasteiger partial charge on any atom is 0.230 e. The number of carbonyl (C=O) groups excluding carboxylic acids is 2. The largest absolute Gasteiger partial charge is 0.342 e. The number of anilines is 1. The van der Waals surface area contributed by atoms with E-state index in [1.807, 2.05) is 24.0 Å². The van der Waals surface area contributed by atoms with Gasteiger partial charge in [-0.05, 0) is 50.2 Å². The first-order chi connectivity index (χ1) is 11.6. The van der Waals surface area contributed by atoms with Gasteiger partial charge in [0.15, 0.2) is 0 Å². The van der Waals surface area contributed by atoms with Gasteiger partial charge >= 0.3 is 0 Å². The van der Waals surface area contributed by atoms with Crippen molar-refractivity contribution in [2.45, 2.75) is 39.0 Å². The Labute approximate surface area is 143 Å². The predicted octanol–water partition coefficient (Wildman–Crippen LogP) is 2.92. The first kappa shape index (κ1) is 16.7. The number of pyridine rings is 1. The lowest BCUT2D eigenvalue weighted by Crippen LogP contribution is -2.44. The van der Waals surface area contributed by atoms with Crippen molar-refractivity contribution in [2.24, 2.45) is 11.8 Å². The normalized spacial score (nSPS) is 23.3. The highest BCUT2D eigenvalue weighted by Crippen LogP contribution is 2.24. The molecule has 24 heavy (non-hydrogen) atoms. The van der Waals surface area contributed by atoms with Gasteiger partial charge < -0.3 is 10.2 Å². The fourth-order valence-electron chi connectivity index (χ4n) is 3.41. The van der Waals surface area contributed by atoms with Crippen molar-refractivity contribution in [2.75, 3.05) is 18.4 Å². The summed E-state index contributed by atoms with van der Waals surface area (Å²) in [6.07, 6.45) is 10.5. The van der Waals surface area contributed by atoms with Gasteiger partial charge in [0.1, 0.15) is 5.82 Å². The average Bonchev–Trinajstić information content (AvgIpc) is 3.10.